The Balaban J connectivity index is -0.000000693. The maximum absolute atomic E-state index is 12.2. The van der Waals surface area contributed by atoms with E-state index >= 15 is 0 Å². The number of terminal acetylenes is 1. The molecule has 0 bridgehead atoms. The van der Waals surface area contributed by atoms with Gasteiger partial charge in [-0.25, -0.2) is 0 Å². The molecule has 0 aliphatic carbocycles. The lowest BCUT2D eigenvalue weighted by atomic mass is 9.79. The van der Waals surface area contributed by atoms with Gasteiger partial charge in [0.1, 0.15) is 27.2 Å². The van der Waals surface area contributed by atoms with Crippen molar-refractivity contribution in [2.24, 2.45) is 10.5 Å². The summed E-state index contributed by atoms with van der Waals surface area (Å²) in [5, 5.41) is 3.81. The molecule has 0 heterocycles. The van der Waals surface area contributed by atoms with E-state index in [9.17, 15) is 24.0 Å². The molecule has 0 saturated heterocycles. The summed E-state index contributed by atoms with van der Waals surface area (Å²) in [5.41, 5.74) is 7.11. The van der Waals surface area contributed by atoms with Gasteiger partial charge in [0.15, 0.2) is 6.61 Å². The summed E-state index contributed by atoms with van der Waals surface area (Å²) in [4.78, 5) is 58.9. The Kier molecular flexibility index (Phi) is 30.0. The standard InChI is InChI=1S/C16H26Br2O6.C6H10BrN3O2.C6H7BrO2/c1-5-15(3,13(20)22-6-2)11-16(4,18)14(21)24-10-9-23-12(19)7-8-17;1-5(7)6(11)12-4-2-3-9-10-8;1-3-4-9-6(8)5(2)7/h5-11H2,1-4H3;5H,2-4H2,1H3;1,5H,4H2,2H3. The molecule has 0 aliphatic rings. The van der Waals surface area contributed by atoms with Gasteiger partial charge in [-0.15, -0.1) is 6.42 Å². The summed E-state index contributed by atoms with van der Waals surface area (Å²) in [5.74, 6) is 0.363. The molecule has 0 N–H and O–H groups in total. The van der Waals surface area contributed by atoms with Crippen molar-refractivity contribution in [2.45, 2.75) is 81.2 Å². The zero-order chi connectivity index (χ0) is 35.5. The normalized spacial score (nSPS) is 13.8. The molecule has 258 valence electrons. The van der Waals surface area contributed by atoms with Crippen molar-refractivity contribution in [3.8, 4) is 12.3 Å². The molecule has 45 heavy (non-hydrogen) atoms. The van der Waals surface area contributed by atoms with Crippen LogP contribution in [0.4, 0.5) is 0 Å². The van der Waals surface area contributed by atoms with E-state index in [4.69, 9.17) is 30.9 Å². The lowest BCUT2D eigenvalue weighted by molar-refractivity contribution is -0.158. The first-order valence-electron chi connectivity index (χ1n) is 13.8. The summed E-state index contributed by atoms with van der Waals surface area (Å²) in [6.07, 6.45) is 6.43. The largest absolute Gasteiger partial charge is 0.466 e. The maximum Gasteiger partial charge on any atom is 0.322 e. The molecule has 0 saturated carbocycles. The predicted molar refractivity (Wildman–Crippen MR) is 183 cm³/mol. The van der Waals surface area contributed by atoms with Gasteiger partial charge in [-0.3, -0.25) is 24.0 Å². The van der Waals surface area contributed by atoms with Crippen LogP contribution in [0.1, 0.15) is 67.2 Å². The Morgan fingerprint density at radius 2 is 1.47 bits per heavy atom. The number of carbonyl (C=O) groups excluding carboxylic acids is 5. The monoisotopic (exact) mass is 897 g/mol. The fourth-order valence-electron chi connectivity index (χ4n) is 2.74. The number of carbonyl (C=O) groups is 5. The zero-order valence-corrected chi connectivity index (χ0v) is 32.8. The Morgan fingerprint density at radius 1 is 0.911 bits per heavy atom. The van der Waals surface area contributed by atoms with Gasteiger partial charge in [0.25, 0.3) is 0 Å². The van der Waals surface area contributed by atoms with Crippen molar-refractivity contribution in [3.63, 3.8) is 0 Å². The van der Waals surface area contributed by atoms with E-state index in [1.807, 2.05) is 6.92 Å². The quantitative estimate of drug-likeness (QED) is 0.0220. The molecule has 17 heteroatoms. The van der Waals surface area contributed by atoms with Gasteiger partial charge in [0.2, 0.25) is 0 Å². The second kappa shape index (κ2) is 28.4. The van der Waals surface area contributed by atoms with Crippen LogP contribution in [0.15, 0.2) is 5.11 Å². The lowest BCUT2D eigenvalue weighted by Gasteiger charge is -2.32. The van der Waals surface area contributed by atoms with Gasteiger partial charge in [-0.1, -0.05) is 81.7 Å². The number of alkyl halides is 4. The maximum atomic E-state index is 12.2. The SMILES string of the molecule is C#CCOC(=O)C(C)Br.CC(Br)C(=O)OCCCN=[N+]=[N-].CCOC(=O)C(C)(CC)CC(C)(Br)C(=O)OCCOC(=O)CCBr. The number of ether oxygens (including phenoxy) is 5. The fraction of sp³-hybridized carbons (Fsp3) is 0.750. The van der Waals surface area contributed by atoms with E-state index in [1.54, 1.807) is 34.6 Å². The third kappa shape index (κ3) is 26.0. The number of esters is 5. The van der Waals surface area contributed by atoms with Crippen molar-refractivity contribution in [1.82, 2.24) is 0 Å². The highest BCUT2D eigenvalue weighted by Gasteiger charge is 2.44. The molecule has 0 aromatic heterocycles. The van der Waals surface area contributed by atoms with Gasteiger partial charge >= 0.3 is 29.8 Å². The third-order valence-electron chi connectivity index (χ3n) is 5.23. The van der Waals surface area contributed by atoms with Crippen LogP contribution in [-0.2, 0) is 47.7 Å². The van der Waals surface area contributed by atoms with Crippen LogP contribution >= 0.6 is 63.7 Å². The smallest absolute Gasteiger partial charge is 0.322 e. The van der Waals surface area contributed by atoms with E-state index < -0.39 is 15.7 Å². The number of hydrogen-bond donors (Lipinski definition) is 0. The van der Waals surface area contributed by atoms with E-state index in [1.165, 1.54) is 0 Å². The average Bonchev–Trinajstić information content (AvgIpc) is 2.98. The minimum Gasteiger partial charge on any atom is -0.466 e. The van der Waals surface area contributed by atoms with Crippen LogP contribution in [0.2, 0.25) is 0 Å². The highest BCUT2D eigenvalue weighted by Crippen LogP contribution is 2.38. The number of rotatable bonds is 18. The van der Waals surface area contributed by atoms with Gasteiger partial charge in [-0.2, -0.15) is 0 Å². The Hall–Kier alpha value is -1.86. The molecule has 0 aromatic carbocycles. The van der Waals surface area contributed by atoms with Crippen LogP contribution in [0.5, 0.6) is 0 Å². The van der Waals surface area contributed by atoms with Gasteiger partial charge in [-0.05, 0) is 59.4 Å². The van der Waals surface area contributed by atoms with Crippen LogP contribution in [0, 0.1) is 17.8 Å². The van der Waals surface area contributed by atoms with E-state index in [-0.39, 0.29) is 72.8 Å². The topological polar surface area (TPSA) is 180 Å². The highest BCUT2D eigenvalue weighted by molar-refractivity contribution is 9.10. The molecule has 0 rings (SSSR count). The highest BCUT2D eigenvalue weighted by atomic mass is 79.9. The first-order valence-corrected chi connectivity index (χ1v) is 17.5. The van der Waals surface area contributed by atoms with Gasteiger partial charge in [0.05, 0.1) is 25.0 Å². The van der Waals surface area contributed by atoms with E-state index in [0.717, 1.165) is 0 Å². The molecule has 0 aliphatic heterocycles. The van der Waals surface area contributed by atoms with Crippen LogP contribution < -0.4 is 0 Å². The minimum absolute atomic E-state index is 0.00355. The Morgan fingerprint density at radius 3 is 1.93 bits per heavy atom. The van der Waals surface area contributed by atoms with Crippen LogP contribution in [0.3, 0.4) is 0 Å². The molecular weight excluding hydrogens is 858 g/mol. The first-order chi connectivity index (χ1) is 21.0. The van der Waals surface area contributed by atoms with Gasteiger partial charge < -0.3 is 23.7 Å². The average molecular weight is 901 g/mol. The second-order valence-electron chi connectivity index (χ2n) is 9.32. The molecule has 0 aromatic rings. The first kappa shape index (κ1) is 47.5. The molecule has 0 radical (unpaired) electrons. The predicted octanol–water partition coefficient (Wildman–Crippen LogP) is 6.34. The summed E-state index contributed by atoms with van der Waals surface area (Å²) < 4.78 is 23.4. The molecule has 4 unspecified atom stereocenters. The van der Waals surface area contributed by atoms with Crippen molar-refractivity contribution in [1.29, 1.82) is 0 Å². The van der Waals surface area contributed by atoms with E-state index in [0.29, 0.717) is 31.3 Å². The van der Waals surface area contributed by atoms with Crippen LogP contribution in [-0.4, -0.2) is 88.7 Å². The number of hydrogen-bond acceptors (Lipinski definition) is 11. The second-order valence-corrected chi connectivity index (χ2v) is 14.6. The van der Waals surface area contributed by atoms with Crippen molar-refractivity contribution in [3.05, 3.63) is 10.4 Å². The molecule has 0 amide bonds. The molecule has 4 atom stereocenters. The number of nitrogens with zero attached hydrogens (tertiary/aromatic N) is 3. The van der Waals surface area contributed by atoms with E-state index in [2.05, 4.69) is 84.4 Å². The van der Waals surface area contributed by atoms with Crippen molar-refractivity contribution in [2.75, 3.05) is 44.9 Å². The Labute approximate surface area is 299 Å². The fourth-order valence-corrected chi connectivity index (χ4v) is 4.06. The summed E-state index contributed by atoms with van der Waals surface area (Å²) in [6, 6.07) is 0. The summed E-state index contributed by atoms with van der Waals surface area (Å²) in [6.45, 7) is 11.4. The minimum atomic E-state index is -1.04. The summed E-state index contributed by atoms with van der Waals surface area (Å²) >= 11 is 12.6. The third-order valence-corrected chi connectivity index (χ3v) is 6.98. The zero-order valence-electron chi connectivity index (χ0n) is 26.4. The molecule has 0 fully saturated rings. The van der Waals surface area contributed by atoms with Crippen molar-refractivity contribution < 1.29 is 47.7 Å². The number of halogens is 4. The van der Waals surface area contributed by atoms with Crippen molar-refractivity contribution >= 4 is 93.6 Å². The van der Waals surface area contributed by atoms with Crippen LogP contribution in [0.25, 0.3) is 10.4 Å². The lowest BCUT2D eigenvalue weighted by Crippen LogP contribution is -2.41. The van der Waals surface area contributed by atoms with Gasteiger partial charge in [0, 0.05) is 16.8 Å². The number of azide groups is 1. The molecular formula is C28H43Br4N3O10. The Bertz CT molecular complexity index is 1000. The summed E-state index contributed by atoms with van der Waals surface area (Å²) in [7, 11) is 0. The molecule has 13 nitrogen and oxygen atoms in total. The molecule has 0 spiro atoms.